The molecule has 1 aliphatic carbocycles. The molecule has 21 heavy (non-hydrogen) atoms. The monoisotopic (exact) mass is 289 g/mol. The van der Waals surface area contributed by atoms with Crippen LogP contribution in [0.2, 0.25) is 0 Å². The molecule has 2 heteroatoms. The van der Waals surface area contributed by atoms with Crippen molar-refractivity contribution < 1.29 is 4.74 Å². The summed E-state index contributed by atoms with van der Waals surface area (Å²) in [6.07, 6.45) is 6.85. The number of benzene rings is 1. The van der Waals surface area contributed by atoms with E-state index in [1.165, 1.54) is 37.7 Å². The average Bonchev–Trinajstić information content (AvgIpc) is 2.48. The Labute approximate surface area is 130 Å². The first kappa shape index (κ1) is 16.4. The van der Waals surface area contributed by atoms with Crippen LogP contribution in [0.1, 0.15) is 64.4 Å². The number of hydrogen-bond donors (Lipinski definition) is 1. The Bertz CT molecular complexity index is 412. The molecule has 1 aliphatic rings. The molecule has 1 fully saturated rings. The van der Waals surface area contributed by atoms with Crippen molar-refractivity contribution in [3.8, 4) is 5.75 Å². The highest BCUT2D eigenvalue weighted by Crippen LogP contribution is 2.42. The van der Waals surface area contributed by atoms with Crippen molar-refractivity contribution in [1.29, 1.82) is 0 Å². The Morgan fingerprint density at radius 2 is 1.90 bits per heavy atom. The molecule has 0 spiro atoms. The third kappa shape index (κ3) is 4.47. The van der Waals surface area contributed by atoms with E-state index >= 15 is 0 Å². The Kier molecular flexibility index (Phi) is 6.10. The fourth-order valence-corrected chi connectivity index (χ4v) is 3.75. The maximum Gasteiger partial charge on any atom is 0.119 e. The van der Waals surface area contributed by atoms with Crippen molar-refractivity contribution in [2.75, 3.05) is 6.54 Å². The summed E-state index contributed by atoms with van der Waals surface area (Å²) in [5.41, 5.74) is 7.47. The van der Waals surface area contributed by atoms with Crippen LogP contribution < -0.4 is 10.5 Å². The summed E-state index contributed by atoms with van der Waals surface area (Å²) < 4.78 is 5.74. The van der Waals surface area contributed by atoms with Gasteiger partial charge >= 0.3 is 0 Å². The van der Waals surface area contributed by atoms with Crippen LogP contribution in [0, 0.1) is 11.8 Å². The van der Waals surface area contributed by atoms with Crippen molar-refractivity contribution in [2.45, 2.75) is 64.9 Å². The Hall–Kier alpha value is -1.02. The van der Waals surface area contributed by atoms with Crippen molar-refractivity contribution in [1.82, 2.24) is 0 Å². The first-order valence-electron chi connectivity index (χ1n) is 8.60. The zero-order valence-corrected chi connectivity index (χ0v) is 13.8. The number of rotatable bonds is 6. The highest BCUT2D eigenvalue weighted by Gasteiger charge is 2.30. The minimum absolute atomic E-state index is 0.233. The van der Waals surface area contributed by atoms with Gasteiger partial charge in [-0.2, -0.15) is 0 Å². The highest BCUT2D eigenvalue weighted by atomic mass is 16.5. The fourth-order valence-electron chi connectivity index (χ4n) is 3.75. The van der Waals surface area contributed by atoms with Gasteiger partial charge < -0.3 is 10.5 Å². The zero-order valence-electron chi connectivity index (χ0n) is 13.8. The molecule has 0 radical (unpaired) electrons. The van der Waals surface area contributed by atoms with E-state index in [1.54, 1.807) is 0 Å². The van der Waals surface area contributed by atoms with Gasteiger partial charge in [-0.15, -0.1) is 0 Å². The van der Waals surface area contributed by atoms with Crippen LogP contribution in [0.25, 0.3) is 0 Å². The molecule has 0 bridgehead atoms. The van der Waals surface area contributed by atoms with E-state index in [9.17, 15) is 0 Å². The molecule has 0 saturated heterocycles. The topological polar surface area (TPSA) is 35.2 Å². The van der Waals surface area contributed by atoms with Gasteiger partial charge in [-0.1, -0.05) is 38.3 Å². The standard InChI is InChI=1S/C19H31NO/c1-4-5-15-6-7-17(13-20)19(12-15)16-8-10-18(11-9-16)21-14(2)3/h8-11,14-15,17,19H,4-7,12-13,20H2,1-3H3. The van der Waals surface area contributed by atoms with Crippen molar-refractivity contribution in [3.05, 3.63) is 29.8 Å². The van der Waals surface area contributed by atoms with Crippen LogP contribution >= 0.6 is 0 Å². The Balaban J connectivity index is 2.08. The minimum atomic E-state index is 0.233. The molecule has 0 heterocycles. The molecule has 1 aromatic carbocycles. The molecule has 0 aromatic heterocycles. The molecule has 1 aromatic rings. The SMILES string of the molecule is CCCC1CCC(CN)C(c2ccc(OC(C)C)cc2)C1. The maximum absolute atomic E-state index is 6.02. The summed E-state index contributed by atoms with van der Waals surface area (Å²) in [6.45, 7) is 7.24. The summed E-state index contributed by atoms with van der Waals surface area (Å²) >= 11 is 0. The molecule has 2 nitrogen and oxygen atoms in total. The molecule has 0 aliphatic heterocycles. The van der Waals surface area contributed by atoms with Gasteiger partial charge in [0.25, 0.3) is 0 Å². The van der Waals surface area contributed by atoms with E-state index < -0.39 is 0 Å². The fraction of sp³-hybridized carbons (Fsp3) is 0.684. The van der Waals surface area contributed by atoms with Crippen LogP contribution in [0.3, 0.4) is 0 Å². The lowest BCUT2D eigenvalue weighted by Gasteiger charge is -2.36. The maximum atomic E-state index is 6.02. The lowest BCUT2D eigenvalue weighted by atomic mass is 9.70. The van der Waals surface area contributed by atoms with E-state index in [1.807, 2.05) is 0 Å². The van der Waals surface area contributed by atoms with Gasteiger partial charge in [-0.25, -0.2) is 0 Å². The normalized spacial score (nSPS) is 26.0. The van der Waals surface area contributed by atoms with Gasteiger partial charge in [0.05, 0.1) is 6.10 Å². The van der Waals surface area contributed by atoms with Crippen LogP contribution in [-0.2, 0) is 0 Å². The van der Waals surface area contributed by atoms with E-state index in [0.29, 0.717) is 11.8 Å². The van der Waals surface area contributed by atoms with Crippen LogP contribution in [-0.4, -0.2) is 12.6 Å². The first-order chi connectivity index (χ1) is 10.1. The van der Waals surface area contributed by atoms with E-state index in [0.717, 1.165) is 18.2 Å². The van der Waals surface area contributed by atoms with Gasteiger partial charge in [0.15, 0.2) is 0 Å². The average molecular weight is 289 g/mol. The second-order valence-electron chi connectivity index (χ2n) is 6.81. The highest BCUT2D eigenvalue weighted by molar-refractivity contribution is 5.30. The molecular weight excluding hydrogens is 258 g/mol. The first-order valence-corrected chi connectivity index (χ1v) is 8.60. The second-order valence-corrected chi connectivity index (χ2v) is 6.81. The van der Waals surface area contributed by atoms with Gasteiger partial charge in [0, 0.05) is 0 Å². The largest absolute Gasteiger partial charge is 0.491 e. The molecule has 2 rings (SSSR count). The van der Waals surface area contributed by atoms with Crippen LogP contribution in [0.5, 0.6) is 5.75 Å². The van der Waals surface area contributed by atoms with Gasteiger partial charge in [0.1, 0.15) is 5.75 Å². The van der Waals surface area contributed by atoms with Gasteiger partial charge in [-0.05, 0) is 68.7 Å². The Morgan fingerprint density at radius 3 is 2.48 bits per heavy atom. The predicted octanol–water partition coefficient (Wildman–Crippen LogP) is 4.73. The summed E-state index contributed by atoms with van der Waals surface area (Å²) in [6, 6.07) is 8.73. The summed E-state index contributed by atoms with van der Waals surface area (Å²) in [5, 5.41) is 0. The second kappa shape index (κ2) is 7.84. The van der Waals surface area contributed by atoms with Gasteiger partial charge in [-0.3, -0.25) is 0 Å². The van der Waals surface area contributed by atoms with Gasteiger partial charge in [0.2, 0.25) is 0 Å². The molecule has 3 unspecified atom stereocenters. The third-order valence-electron chi connectivity index (χ3n) is 4.78. The molecule has 118 valence electrons. The number of ether oxygens (including phenoxy) is 1. The van der Waals surface area contributed by atoms with Crippen molar-refractivity contribution in [2.24, 2.45) is 17.6 Å². The van der Waals surface area contributed by atoms with E-state index in [-0.39, 0.29) is 6.10 Å². The van der Waals surface area contributed by atoms with Crippen molar-refractivity contribution in [3.63, 3.8) is 0 Å². The van der Waals surface area contributed by atoms with E-state index in [2.05, 4.69) is 45.0 Å². The van der Waals surface area contributed by atoms with Crippen LogP contribution in [0.15, 0.2) is 24.3 Å². The summed E-state index contributed by atoms with van der Waals surface area (Å²) in [7, 11) is 0. The molecule has 0 amide bonds. The number of nitrogens with two attached hydrogens (primary N) is 1. The lowest BCUT2D eigenvalue weighted by molar-refractivity contribution is 0.229. The summed E-state index contributed by atoms with van der Waals surface area (Å²) in [4.78, 5) is 0. The van der Waals surface area contributed by atoms with E-state index in [4.69, 9.17) is 10.5 Å². The van der Waals surface area contributed by atoms with Crippen molar-refractivity contribution >= 4 is 0 Å². The molecular formula is C19H31NO. The predicted molar refractivity (Wildman–Crippen MR) is 89.7 cm³/mol. The number of hydrogen-bond acceptors (Lipinski definition) is 2. The Morgan fingerprint density at radius 1 is 1.19 bits per heavy atom. The quantitative estimate of drug-likeness (QED) is 0.821. The molecule has 1 saturated carbocycles. The minimum Gasteiger partial charge on any atom is -0.491 e. The van der Waals surface area contributed by atoms with Crippen LogP contribution in [0.4, 0.5) is 0 Å². The smallest absolute Gasteiger partial charge is 0.119 e. The zero-order chi connectivity index (χ0) is 15.2. The lowest BCUT2D eigenvalue weighted by Crippen LogP contribution is -2.29. The molecule has 2 N–H and O–H groups in total. The third-order valence-corrected chi connectivity index (χ3v) is 4.78. The summed E-state index contributed by atoms with van der Waals surface area (Å²) in [5.74, 6) is 3.14. The molecule has 3 atom stereocenters.